The molecule has 0 bridgehead atoms. The van der Waals surface area contributed by atoms with Crippen LogP contribution in [0, 0.1) is 20.8 Å². The van der Waals surface area contributed by atoms with E-state index in [0.717, 1.165) is 10.4 Å². The Bertz CT molecular complexity index is 928. The van der Waals surface area contributed by atoms with Gasteiger partial charge in [0.25, 0.3) is 5.56 Å². The molecule has 0 aromatic carbocycles. The Morgan fingerprint density at radius 1 is 1.22 bits per heavy atom. The van der Waals surface area contributed by atoms with E-state index >= 15 is 0 Å². The number of aryl methyl sites for hydroxylation is 3. The Morgan fingerprint density at radius 3 is 2.63 bits per heavy atom. The Morgan fingerprint density at radius 2 is 1.93 bits per heavy atom. The lowest BCUT2D eigenvalue weighted by molar-refractivity contribution is -0.135. The summed E-state index contributed by atoms with van der Waals surface area (Å²) in [7, 11) is 0. The van der Waals surface area contributed by atoms with Gasteiger partial charge in [0.05, 0.1) is 18.6 Å². The fraction of sp³-hybridized carbons (Fsp3) is 0.556. The van der Waals surface area contributed by atoms with E-state index in [0.29, 0.717) is 42.3 Å². The maximum absolute atomic E-state index is 12.8. The molecule has 27 heavy (non-hydrogen) atoms. The summed E-state index contributed by atoms with van der Waals surface area (Å²) in [5.74, 6) is 0.202. The molecule has 0 atom stereocenters. The van der Waals surface area contributed by atoms with Gasteiger partial charge in [0.15, 0.2) is 0 Å². The van der Waals surface area contributed by atoms with E-state index < -0.39 is 0 Å². The van der Waals surface area contributed by atoms with Gasteiger partial charge in [0.1, 0.15) is 17.2 Å². The van der Waals surface area contributed by atoms with Crippen LogP contribution in [0.4, 0.5) is 0 Å². The monoisotopic (exact) mass is 392 g/mol. The van der Waals surface area contributed by atoms with E-state index in [1.165, 1.54) is 15.9 Å². The van der Waals surface area contributed by atoms with E-state index in [1.54, 1.807) is 11.8 Å². The number of hydrogen-bond donors (Lipinski definition) is 1. The van der Waals surface area contributed by atoms with E-state index in [2.05, 4.69) is 10.3 Å². The first-order valence-corrected chi connectivity index (χ1v) is 9.79. The van der Waals surface area contributed by atoms with Gasteiger partial charge in [-0.05, 0) is 26.3 Å². The third-order valence-corrected chi connectivity index (χ3v) is 5.91. The molecule has 0 radical (unpaired) electrons. The zero-order chi connectivity index (χ0) is 19.6. The van der Waals surface area contributed by atoms with Crippen LogP contribution in [0.1, 0.15) is 22.7 Å². The summed E-state index contributed by atoms with van der Waals surface area (Å²) < 4.78 is 6.61. The molecule has 1 fully saturated rings. The number of aromatic nitrogens is 2. The summed E-state index contributed by atoms with van der Waals surface area (Å²) in [4.78, 5) is 45.1. The van der Waals surface area contributed by atoms with Crippen LogP contribution in [0.15, 0.2) is 4.79 Å². The number of rotatable bonds is 5. The second-order valence-electron chi connectivity index (χ2n) is 6.61. The normalized spacial score (nSPS) is 14.6. The standard InChI is InChI=1S/C18H24N4O4S/c1-11-12(2)27-17-16(11)18(25)22(13(3)20-17)10-14(23)19-5-4-15(24)21-6-8-26-9-7-21/h4-10H2,1-3H3,(H,19,23). The number of carbonyl (C=O) groups excluding carboxylic acids is 2. The number of fused-ring (bicyclic) bond motifs is 1. The SMILES string of the molecule is Cc1sc2nc(C)n(CC(=O)NCCC(=O)N3CCOCC3)c(=O)c2c1C. The van der Waals surface area contributed by atoms with Gasteiger partial charge >= 0.3 is 0 Å². The minimum Gasteiger partial charge on any atom is -0.378 e. The lowest BCUT2D eigenvalue weighted by atomic mass is 10.2. The largest absolute Gasteiger partial charge is 0.378 e. The molecule has 3 rings (SSSR count). The van der Waals surface area contributed by atoms with E-state index in [9.17, 15) is 14.4 Å². The number of amides is 2. The number of thiophene rings is 1. The van der Waals surface area contributed by atoms with Crippen molar-refractivity contribution in [2.24, 2.45) is 0 Å². The molecule has 8 nitrogen and oxygen atoms in total. The number of ether oxygens (including phenoxy) is 1. The lowest BCUT2D eigenvalue weighted by Gasteiger charge is -2.26. The molecule has 2 amide bonds. The van der Waals surface area contributed by atoms with Crippen LogP contribution in [0.3, 0.4) is 0 Å². The molecular formula is C18H24N4O4S. The molecular weight excluding hydrogens is 368 g/mol. The van der Waals surface area contributed by atoms with Crippen molar-refractivity contribution in [2.45, 2.75) is 33.7 Å². The van der Waals surface area contributed by atoms with Crippen molar-refractivity contribution in [3.63, 3.8) is 0 Å². The van der Waals surface area contributed by atoms with Crippen molar-refractivity contribution in [2.75, 3.05) is 32.8 Å². The van der Waals surface area contributed by atoms with Gasteiger partial charge in [-0.15, -0.1) is 11.3 Å². The van der Waals surface area contributed by atoms with Gasteiger partial charge < -0.3 is 15.0 Å². The Hall–Kier alpha value is -2.26. The van der Waals surface area contributed by atoms with Crippen molar-refractivity contribution in [1.82, 2.24) is 19.8 Å². The molecule has 2 aromatic rings. The minimum absolute atomic E-state index is 0.000549. The van der Waals surface area contributed by atoms with E-state index in [1.807, 2.05) is 13.8 Å². The van der Waals surface area contributed by atoms with Crippen molar-refractivity contribution in [3.05, 3.63) is 26.6 Å². The summed E-state index contributed by atoms with van der Waals surface area (Å²) in [6, 6.07) is 0. The molecule has 0 unspecified atom stereocenters. The summed E-state index contributed by atoms with van der Waals surface area (Å²) in [6.45, 7) is 8.00. The molecule has 0 spiro atoms. The first-order chi connectivity index (χ1) is 12.9. The van der Waals surface area contributed by atoms with Gasteiger partial charge in [0, 0.05) is 30.9 Å². The van der Waals surface area contributed by atoms with Crippen LogP contribution in [0.25, 0.3) is 10.2 Å². The fourth-order valence-corrected chi connectivity index (χ4v) is 4.16. The predicted octanol–water partition coefficient (Wildman–Crippen LogP) is 0.748. The molecule has 1 aliphatic heterocycles. The third-order valence-electron chi connectivity index (χ3n) is 4.81. The highest BCUT2D eigenvalue weighted by molar-refractivity contribution is 7.18. The van der Waals surface area contributed by atoms with Gasteiger partial charge in [-0.2, -0.15) is 0 Å². The van der Waals surface area contributed by atoms with Gasteiger partial charge in [-0.1, -0.05) is 0 Å². The predicted molar refractivity (Wildman–Crippen MR) is 103 cm³/mol. The van der Waals surface area contributed by atoms with Crippen molar-refractivity contribution in [3.8, 4) is 0 Å². The average molecular weight is 392 g/mol. The van der Waals surface area contributed by atoms with Crippen LogP contribution in [-0.2, 0) is 20.9 Å². The number of hydrogen-bond acceptors (Lipinski definition) is 6. The molecule has 146 valence electrons. The maximum atomic E-state index is 12.8. The number of nitrogens with zero attached hydrogens (tertiary/aromatic N) is 3. The Balaban J connectivity index is 1.61. The summed E-state index contributed by atoms with van der Waals surface area (Å²) in [5, 5.41) is 3.30. The van der Waals surface area contributed by atoms with Crippen molar-refractivity contribution < 1.29 is 14.3 Å². The van der Waals surface area contributed by atoms with Gasteiger partial charge in [0.2, 0.25) is 11.8 Å². The van der Waals surface area contributed by atoms with Crippen LogP contribution in [-0.4, -0.2) is 59.1 Å². The number of nitrogens with one attached hydrogen (secondary N) is 1. The Kier molecular flexibility index (Phi) is 5.91. The topological polar surface area (TPSA) is 93.5 Å². The third kappa shape index (κ3) is 4.19. The Labute approximate surface area is 161 Å². The second-order valence-corrected chi connectivity index (χ2v) is 7.81. The van der Waals surface area contributed by atoms with Gasteiger partial charge in [-0.3, -0.25) is 19.0 Å². The molecule has 1 N–H and O–H groups in total. The highest BCUT2D eigenvalue weighted by Gasteiger charge is 2.18. The van der Waals surface area contributed by atoms with Crippen molar-refractivity contribution in [1.29, 1.82) is 0 Å². The molecule has 9 heteroatoms. The first kappa shape index (κ1) is 19.5. The van der Waals surface area contributed by atoms with Crippen LogP contribution < -0.4 is 10.9 Å². The minimum atomic E-state index is -0.305. The van der Waals surface area contributed by atoms with E-state index in [-0.39, 0.29) is 36.9 Å². The highest BCUT2D eigenvalue weighted by Crippen LogP contribution is 2.26. The second kappa shape index (κ2) is 8.18. The van der Waals surface area contributed by atoms with Gasteiger partial charge in [-0.25, -0.2) is 4.98 Å². The molecule has 3 heterocycles. The van der Waals surface area contributed by atoms with Crippen molar-refractivity contribution >= 4 is 33.4 Å². The molecule has 1 aliphatic rings. The number of carbonyl (C=O) groups is 2. The van der Waals surface area contributed by atoms with Crippen LogP contribution in [0.2, 0.25) is 0 Å². The maximum Gasteiger partial charge on any atom is 0.263 e. The first-order valence-electron chi connectivity index (χ1n) is 8.98. The number of morpholine rings is 1. The summed E-state index contributed by atoms with van der Waals surface area (Å²) >= 11 is 1.49. The summed E-state index contributed by atoms with van der Waals surface area (Å²) in [6.07, 6.45) is 0.236. The van der Waals surface area contributed by atoms with Crippen LogP contribution >= 0.6 is 11.3 Å². The van der Waals surface area contributed by atoms with Crippen LogP contribution in [0.5, 0.6) is 0 Å². The highest BCUT2D eigenvalue weighted by atomic mass is 32.1. The summed E-state index contributed by atoms with van der Waals surface area (Å²) in [5.41, 5.74) is 0.719. The fourth-order valence-electron chi connectivity index (χ4n) is 3.09. The smallest absolute Gasteiger partial charge is 0.263 e. The molecule has 1 saturated heterocycles. The quantitative estimate of drug-likeness (QED) is 0.810. The molecule has 0 aliphatic carbocycles. The zero-order valence-electron chi connectivity index (χ0n) is 15.8. The molecule has 0 saturated carbocycles. The lowest BCUT2D eigenvalue weighted by Crippen LogP contribution is -2.42. The average Bonchev–Trinajstić information content (AvgIpc) is 2.93. The van der Waals surface area contributed by atoms with E-state index in [4.69, 9.17) is 4.74 Å². The molecule has 2 aromatic heterocycles. The zero-order valence-corrected chi connectivity index (χ0v) is 16.6.